The SMILES string of the molecule is Cc1cc(Cl)ccc1OCc1ccccc1CN. The van der Waals surface area contributed by atoms with Crippen LogP contribution in [0.2, 0.25) is 5.02 Å². The normalized spacial score (nSPS) is 10.4. The maximum absolute atomic E-state index is 5.91. The average molecular weight is 262 g/mol. The largest absolute Gasteiger partial charge is 0.489 e. The Morgan fingerprint density at radius 3 is 2.50 bits per heavy atom. The van der Waals surface area contributed by atoms with Crippen molar-refractivity contribution >= 4 is 11.6 Å². The molecule has 0 aliphatic heterocycles. The van der Waals surface area contributed by atoms with Gasteiger partial charge in [0.25, 0.3) is 0 Å². The lowest BCUT2D eigenvalue weighted by atomic mass is 10.1. The van der Waals surface area contributed by atoms with E-state index in [9.17, 15) is 0 Å². The van der Waals surface area contributed by atoms with Crippen LogP contribution < -0.4 is 10.5 Å². The van der Waals surface area contributed by atoms with E-state index in [2.05, 4.69) is 0 Å². The number of halogens is 1. The molecule has 2 N–H and O–H groups in total. The van der Waals surface area contributed by atoms with Gasteiger partial charge >= 0.3 is 0 Å². The Kier molecular flexibility index (Phi) is 4.24. The number of hydrogen-bond acceptors (Lipinski definition) is 2. The van der Waals surface area contributed by atoms with Crippen LogP contribution in [0.25, 0.3) is 0 Å². The highest BCUT2D eigenvalue weighted by molar-refractivity contribution is 6.30. The maximum Gasteiger partial charge on any atom is 0.122 e. The molecule has 0 fully saturated rings. The van der Waals surface area contributed by atoms with Crippen molar-refractivity contribution in [1.29, 1.82) is 0 Å². The number of ether oxygens (including phenoxy) is 1. The molecule has 2 nitrogen and oxygen atoms in total. The lowest BCUT2D eigenvalue weighted by Gasteiger charge is -2.11. The second kappa shape index (κ2) is 5.89. The van der Waals surface area contributed by atoms with E-state index in [-0.39, 0.29) is 0 Å². The predicted molar refractivity (Wildman–Crippen MR) is 74.9 cm³/mol. The highest BCUT2D eigenvalue weighted by Gasteiger charge is 2.03. The van der Waals surface area contributed by atoms with Crippen LogP contribution in [0, 0.1) is 6.92 Å². The summed E-state index contributed by atoms with van der Waals surface area (Å²) >= 11 is 5.91. The molecule has 0 spiro atoms. The van der Waals surface area contributed by atoms with E-state index in [0.29, 0.717) is 13.2 Å². The Bertz CT molecular complexity index is 540. The fraction of sp³-hybridized carbons (Fsp3) is 0.200. The molecule has 0 aliphatic rings. The van der Waals surface area contributed by atoms with Crippen molar-refractivity contribution in [2.75, 3.05) is 0 Å². The zero-order valence-corrected chi connectivity index (χ0v) is 11.1. The lowest BCUT2D eigenvalue weighted by molar-refractivity contribution is 0.303. The van der Waals surface area contributed by atoms with Crippen molar-refractivity contribution in [3.8, 4) is 5.75 Å². The second-order valence-corrected chi connectivity index (χ2v) is 4.61. The van der Waals surface area contributed by atoms with E-state index in [0.717, 1.165) is 27.5 Å². The van der Waals surface area contributed by atoms with E-state index in [1.54, 1.807) is 0 Å². The molecule has 0 heterocycles. The smallest absolute Gasteiger partial charge is 0.122 e. The van der Waals surface area contributed by atoms with Crippen LogP contribution in [-0.2, 0) is 13.2 Å². The molecular weight excluding hydrogens is 246 g/mol. The molecule has 0 atom stereocenters. The van der Waals surface area contributed by atoms with E-state index in [1.807, 2.05) is 49.4 Å². The Morgan fingerprint density at radius 1 is 1.11 bits per heavy atom. The Hall–Kier alpha value is -1.51. The predicted octanol–water partition coefficient (Wildman–Crippen LogP) is 3.69. The molecule has 94 valence electrons. The molecule has 2 aromatic carbocycles. The summed E-state index contributed by atoms with van der Waals surface area (Å²) in [4.78, 5) is 0. The molecule has 18 heavy (non-hydrogen) atoms. The minimum absolute atomic E-state index is 0.524. The molecule has 0 radical (unpaired) electrons. The molecule has 0 unspecified atom stereocenters. The van der Waals surface area contributed by atoms with Crippen LogP contribution in [0.3, 0.4) is 0 Å². The van der Waals surface area contributed by atoms with Crippen LogP contribution >= 0.6 is 11.6 Å². The fourth-order valence-electron chi connectivity index (χ4n) is 1.83. The van der Waals surface area contributed by atoms with Gasteiger partial charge in [-0.15, -0.1) is 0 Å². The molecule has 3 heteroatoms. The topological polar surface area (TPSA) is 35.2 Å². The molecule has 2 aromatic rings. The average Bonchev–Trinajstić information content (AvgIpc) is 2.38. The summed E-state index contributed by atoms with van der Waals surface area (Å²) < 4.78 is 5.81. The van der Waals surface area contributed by atoms with Gasteiger partial charge in [0.05, 0.1) is 0 Å². The van der Waals surface area contributed by atoms with Crippen molar-refractivity contribution < 1.29 is 4.74 Å². The van der Waals surface area contributed by atoms with Crippen LogP contribution in [-0.4, -0.2) is 0 Å². The Labute approximate surface area is 112 Å². The van der Waals surface area contributed by atoms with Gasteiger partial charge in [0, 0.05) is 11.6 Å². The third-order valence-corrected chi connectivity index (χ3v) is 3.09. The monoisotopic (exact) mass is 261 g/mol. The van der Waals surface area contributed by atoms with Gasteiger partial charge in [0.1, 0.15) is 12.4 Å². The minimum Gasteiger partial charge on any atom is -0.489 e. The summed E-state index contributed by atoms with van der Waals surface area (Å²) in [6.07, 6.45) is 0. The summed E-state index contributed by atoms with van der Waals surface area (Å²) in [5, 5.41) is 0.724. The summed E-state index contributed by atoms with van der Waals surface area (Å²) in [6, 6.07) is 13.7. The molecule has 0 saturated carbocycles. The second-order valence-electron chi connectivity index (χ2n) is 4.17. The first-order valence-corrected chi connectivity index (χ1v) is 6.24. The highest BCUT2D eigenvalue weighted by atomic mass is 35.5. The fourth-order valence-corrected chi connectivity index (χ4v) is 2.05. The first-order valence-electron chi connectivity index (χ1n) is 5.86. The van der Waals surface area contributed by atoms with E-state index >= 15 is 0 Å². The van der Waals surface area contributed by atoms with Crippen LogP contribution in [0.1, 0.15) is 16.7 Å². The van der Waals surface area contributed by atoms with Gasteiger partial charge < -0.3 is 10.5 Å². The van der Waals surface area contributed by atoms with Crippen LogP contribution in [0.15, 0.2) is 42.5 Å². The first-order chi connectivity index (χ1) is 8.70. The van der Waals surface area contributed by atoms with Crippen LogP contribution in [0.5, 0.6) is 5.75 Å². The van der Waals surface area contributed by atoms with E-state index in [4.69, 9.17) is 22.1 Å². The minimum atomic E-state index is 0.524. The number of rotatable bonds is 4. The van der Waals surface area contributed by atoms with Gasteiger partial charge in [-0.05, 0) is 41.8 Å². The van der Waals surface area contributed by atoms with Gasteiger partial charge in [-0.3, -0.25) is 0 Å². The standard InChI is InChI=1S/C15H16ClNO/c1-11-8-14(16)6-7-15(11)18-10-13-5-3-2-4-12(13)9-17/h2-8H,9-10,17H2,1H3. The summed E-state index contributed by atoms with van der Waals surface area (Å²) in [5.41, 5.74) is 8.97. The number of hydrogen-bond donors (Lipinski definition) is 1. The molecule has 2 rings (SSSR count). The van der Waals surface area contributed by atoms with Gasteiger partial charge in [-0.1, -0.05) is 35.9 Å². The molecule has 0 bridgehead atoms. The third-order valence-electron chi connectivity index (χ3n) is 2.86. The molecule has 0 amide bonds. The Morgan fingerprint density at radius 2 is 1.83 bits per heavy atom. The lowest BCUT2D eigenvalue weighted by Crippen LogP contribution is -2.04. The number of nitrogens with two attached hydrogens (primary N) is 1. The van der Waals surface area contributed by atoms with Crippen molar-refractivity contribution in [3.05, 3.63) is 64.2 Å². The Balaban J connectivity index is 2.11. The van der Waals surface area contributed by atoms with Crippen molar-refractivity contribution in [2.24, 2.45) is 5.73 Å². The number of benzene rings is 2. The maximum atomic E-state index is 5.91. The third kappa shape index (κ3) is 3.03. The summed E-state index contributed by atoms with van der Waals surface area (Å²) in [5.74, 6) is 0.853. The summed E-state index contributed by atoms with van der Waals surface area (Å²) in [7, 11) is 0. The highest BCUT2D eigenvalue weighted by Crippen LogP contribution is 2.23. The zero-order chi connectivity index (χ0) is 13.0. The van der Waals surface area contributed by atoms with Gasteiger partial charge in [-0.2, -0.15) is 0 Å². The van der Waals surface area contributed by atoms with Crippen molar-refractivity contribution in [2.45, 2.75) is 20.1 Å². The van der Waals surface area contributed by atoms with Gasteiger partial charge in [0.2, 0.25) is 0 Å². The quantitative estimate of drug-likeness (QED) is 0.911. The van der Waals surface area contributed by atoms with Gasteiger partial charge in [-0.25, -0.2) is 0 Å². The molecule has 0 aliphatic carbocycles. The van der Waals surface area contributed by atoms with Crippen LogP contribution in [0.4, 0.5) is 0 Å². The van der Waals surface area contributed by atoms with Crippen molar-refractivity contribution in [1.82, 2.24) is 0 Å². The van der Waals surface area contributed by atoms with E-state index in [1.165, 1.54) is 0 Å². The number of aryl methyl sites for hydroxylation is 1. The zero-order valence-electron chi connectivity index (χ0n) is 10.3. The molecule has 0 aromatic heterocycles. The van der Waals surface area contributed by atoms with E-state index < -0.39 is 0 Å². The van der Waals surface area contributed by atoms with Gasteiger partial charge in [0.15, 0.2) is 0 Å². The molecule has 0 saturated heterocycles. The summed E-state index contributed by atoms with van der Waals surface area (Å²) in [6.45, 7) is 3.03. The first kappa shape index (κ1) is 12.9. The van der Waals surface area contributed by atoms with Crippen molar-refractivity contribution in [3.63, 3.8) is 0 Å². The molecular formula is C15H16ClNO.